The molecular weight excluding hydrogens is 208 g/mol. The van der Waals surface area contributed by atoms with Crippen molar-refractivity contribution in [2.45, 2.75) is 32.1 Å². The van der Waals surface area contributed by atoms with Gasteiger partial charge in [0, 0.05) is 19.4 Å². The molecule has 0 heterocycles. The van der Waals surface area contributed by atoms with Crippen molar-refractivity contribution >= 4 is 11.7 Å². The van der Waals surface area contributed by atoms with Gasteiger partial charge >= 0.3 is 0 Å². The highest BCUT2D eigenvalue weighted by Crippen LogP contribution is 2.48. The number of nitrogens with two attached hydrogens (primary N) is 2. The number of nitrogens with zero attached hydrogens (tertiary/aromatic N) is 1. The molecule has 1 amide bonds. The largest absolute Gasteiger partial charge is 0.409 e. The minimum Gasteiger partial charge on any atom is -0.409 e. The normalized spacial score (nSPS) is 18.4. The van der Waals surface area contributed by atoms with Crippen LogP contribution in [-0.2, 0) is 4.79 Å². The summed E-state index contributed by atoms with van der Waals surface area (Å²) in [5, 5.41) is 14.7. The lowest BCUT2D eigenvalue weighted by molar-refractivity contribution is -0.118. The summed E-state index contributed by atoms with van der Waals surface area (Å²) in [4.78, 5) is 10.5. The summed E-state index contributed by atoms with van der Waals surface area (Å²) in [5.41, 5.74) is 10.7. The third-order valence-corrected chi connectivity index (χ3v) is 2.92. The molecule has 0 aliphatic heterocycles. The third kappa shape index (κ3) is 4.48. The maximum absolute atomic E-state index is 10.5. The fourth-order valence-corrected chi connectivity index (χ4v) is 1.75. The molecule has 1 aliphatic carbocycles. The van der Waals surface area contributed by atoms with Crippen LogP contribution < -0.4 is 16.8 Å². The van der Waals surface area contributed by atoms with Gasteiger partial charge in [-0.1, -0.05) is 5.16 Å². The number of carbonyl (C=O) groups is 1. The van der Waals surface area contributed by atoms with E-state index < -0.39 is 0 Å². The van der Waals surface area contributed by atoms with E-state index in [9.17, 15) is 4.79 Å². The van der Waals surface area contributed by atoms with Crippen LogP contribution in [0, 0.1) is 5.41 Å². The predicted molar refractivity (Wildman–Crippen MR) is 61.0 cm³/mol. The molecule has 1 saturated carbocycles. The lowest BCUT2D eigenvalue weighted by atomic mass is 10.0. The molecule has 6 nitrogen and oxygen atoms in total. The fraction of sp³-hybridized carbons (Fsp3) is 0.800. The van der Waals surface area contributed by atoms with Crippen molar-refractivity contribution in [3.8, 4) is 0 Å². The summed E-state index contributed by atoms with van der Waals surface area (Å²) in [6.07, 6.45) is 4.01. The zero-order chi connectivity index (χ0) is 12.0. The van der Waals surface area contributed by atoms with Crippen molar-refractivity contribution in [3.63, 3.8) is 0 Å². The highest BCUT2D eigenvalue weighted by molar-refractivity contribution is 5.80. The summed E-state index contributed by atoms with van der Waals surface area (Å²) in [6, 6.07) is 0. The van der Waals surface area contributed by atoms with Crippen LogP contribution in [-0.4, -0.2) is 30.0 Å². The second-order valence-electron chi connectivity index (χ2n) is 4.51. The van der Waals surface area contributed by atoms with Crippen molar-refractivity contribution in [3.05, 3.63) is 0 Å². The summed E-state index contributed by atoms with van der Waals surface area (Å²) < 4.78 is 0. The number of nitrogens with one attached hydrogen (secondary N) is 1. The number of primary amides is 1. The number of amidine groups is 1. The number of rotatable bonds is 8. The topological polar surface area (TPSA) is 114 Å². The van der Waals surface area contributed by atoms with Crippen LogP contribution in [0.1, 0.15) is 32.1 Å². The molecule has 0 aromatic rings. The summed E-state index contributed by atoms with van der Waals surface area (Å²) >= 11 is 0. The summed E-state index contributed by atoms with van der Waals surface area (Å²) in [5.74, 6) is 0.0241. The van der Waals surface area contributed by atoms with E-state index >= 15 is 0 Å². The highest BCUT2D eigenvalue weighted by Gasteiger charge is 2.42. The van der Waals surface area contributed by atoms with Crippen LogP contribution in [0.4, 0.5) is 0 Å². The van der Waals surface area contributed by atoms with Crippen molar-refractivity contribution in [1.82, 2.24) is 5.32 Å². The van der Waals surface area contributed by atoms with E-state index in [-0.39, 0.29) is 17.2 Å². The van der Waals surface area contributed by atoms with Crippen molar-refractivity contribution in [2.24, 2.45) is 22.0 Å². The smallest absolute Gasteiger partial charge is 0.217 e. The van der Waals surface area contributed by atoms with Crippen molar-refractivity contribution in [2.75, 3.05) is 13.1 Å². The van der Waals surface area contributed by atoms with Crippen LogP contribution in [0.15, 0.2) is 5.16 Å². The van der Waals surface area contributed by atoms with Gasteiger partial charge in [0.25, 0.3) is 0 Å². The molecule has 0 saturated heterocycles. The average Bonchev–Trinajstić information content (AvgIpc) is 2.97. The second-order valence-corrected chi connectivity index (χ2v) is 4.51. The first-order chi connectivity index (χ1) is 7.58. The first-order valence-corrected chi connectivity index (χ1v) is 5.53. The molecule has 0 bridgehead atoms. The minimum atomic E-state index is -0.264. The van der Waals surface area contributed by atoms with Crippen LogP contribution in [0.5, 0.6) is 0 Å². The minimum absolute atomic E-state index is 0.170. The van der Waals surface area contributed by atoms with Crippen LogP contribution in [0.3, 0.4) is 0 Å². The molecule has 6 N–H and O–H groups in total. The van der Waals surface area contributed by atoms with Gasteiger partial charge in [-0.25, -0.2) is 0 Å². The van der Waals surface area contributed by atoms with E-state index in [4.69, 9.17) is 16.7 Å². The van der Waals surface area contributed by atoms with E-state index in [1.165, 1.54) is 0 Å². The third-order valence-electron chi connectivity index (χ3n) is 2.92. The number of hydrogen-bond donors (Lipinski definition) is 4. The zero-order valence-electron chi connectivity index (χ0n) is 9.41. The maximum atomic E-state index is 10.5. The van der Waals surface area contributed by atoms with Crippen molar-refractivity contribution in [1.29, 1.82) is 0 Å². The van der Waals surface area contributed by atoms with E-state index in [0.717, 1.165) is 32.4 Å². The van der Waals surface area contributed by atoms with E-state index in [1.807, 2.05) is 0 Å². The molecule has 0 unspecified atom stereocenters. The van der Waals surface area contributed by atoms with Gasteiger partial charge < -0.3 is 22.0 Å². The van der Waals surface area contributed by atoms with Crippen LogP contribution >= 0.6 is 0 Å². The highest BCUT2D eigenvalue weighted by atomic mass is 16.4. The van der Waals surface area contributed by atoms with Crippen LogP contribution in [0.2, 0.25) is 0 Å². The Hall–Kier alpha value is -1.30. The molecule has 0 aromatic carbocycles. The fourth-order valence-electron chi connectivity index (χ4n) is 1.75. The van der Waals surface area contributed by atoms with Gasteiger partial charge in [-0.2, -0.15) is 0 Å². The number of amides is 1. The first-order valence-electron chi connectivity index (χ1n) is 5.53. The molecule has 0 radical (unpaired) electrons. The monoisotopic (exact) mass is 228 g/mol. The number of oxime groups is 1. The van der Waals surface area contributed by atoms with Gasteiger partial charge in [0.1, 0.15) is 5.84 Å². The van der Waals surface area contributed by atoms with Crippen molar-refractivity contribution < 1.29 is 10.0 Å². The second kappa shape index (κ2) is 5.69. The molecule has 6 heteroatoms. The Morgan fingerprint density at radius 2 is 2.12 bits per heavy atom. The van der Waals surface area contributed by atoms with Crippen LogP contribution in [0.25, 0.3) is 0 Å². The first kappa shape index (κ1) is 12.8. The Kier molecular flexibility index (Phi) is 4.54. The average molecular weight is 228 g/mol. The number of carbonyl (C=O) groups excluding carboxylic acids is 1. The number of hydrogen-bond acceptors (Lipinski definition) is 4. The standard InChI is InChI=1S/C10H20N4O2/c11-8(14-16)6-10(3-4-10)7-13-5-1-2-9(12)15/h13,16H,1-7H2,(H2,11,14)(H2,12,15). The predicted octanol–water partition coefficient (Wildman–Crippen LogP) is -0.242. The molecular formula is C10H20N4O2. The molecule has 0 spiro atoms. The summed E-state index contributed by atoms with van der Waals surface area (Å²) in [7, 11) is 0. The molecule has 0 atom stereocenters. The molecule has 0 aromatic heterocycles. The Morgan fingerprint density at radius 1 is 1.44 bits per heavy atom. The Labute approximate surface area is 95.1 Å². The quantitative estimate of drug-likeness (QED) is 0.151. The Balaban J connectivity index is 2.10. The zero-order valence-corrected chi connectivity index (χ0v) is 9.41. The Morgan fingerprint density at radius 3 is 2.62 bits per heavy atom. The van der Waals surface area contributed by atoms with Gasteiger partial charge in [-0.3, -0.25) is 4.79 Å². The van der Waals surface area contributed by atoms with Gasteiger partial charge in [0.05, 0.1) is 0 Å². The van der Waals surface area contributed by atoms with E-state index in [2.05, 4.69) is 10.5 Å². The van der Waals surface area contributed by atoms with Gasteiger partial charge in [-0.05, 0) is 31.2 Å². The lowest BCUT2D eigenvalue weighted by Gasteiger charge is -2.14. The molecule has 92 valence electrons. The van der Waals surface area contributed by atoms with Gasteiger partial charge in [0.15, 0.2) is 0 Å². The molecule has 1 aliphatic rings. The van der Waals surface area contributed by atoms with E-state index in [1.54, 1.807) is 0 Å². The summed E-state index contributed by atoms with van der Waals surface area (Å²) in [6.45, 7) is 1.63. The SMILES string of the molecule is NC(=O)CCCNCC1(CC(N)=NO)CC1. The molecule has 16 heavy (non-hydrogen) atoms. The lowest BCUT2D eigenvalue weighted by Crippen LogP contribution is -2.29. The van der Waals surface area contributed by atoms with E-state index in [0.29, 0.717) is 12.8 Å². The van der Waals surface area contributed by atoms with Gasteiger partial charge in [0.2, 0.25) is 5.91 Å². The maximum Gasteiger partial charge on any atom is 0.217 e. The Bertz CT molecular complexity index is 274. The van der Waals surface area contributed by atoms with Gasteiger partial charge in [-0.15, -0.1) is 0 Å². The molecule has 1 fully saturated rings. The molecule has 1 rings (SSSR count).